The molecule has 5 nitrogen and oxygen atoms in total. The van der Waals surface area contributed by atoms with E-state index in [0.717, 1.165) is 5.69 Å². The molecule has 0 unspecified atom stereocenters. The van der Waals surface area contributed by atoms with Gasteiger partial charge in [-0.2, -0.15) is 0 Å². The summed E-state index contributed by atoms with van der Waals surface area (Å²) in [4.78, 5) is 16.8. The van der Waals surface area contributed by atoms with Crippen molar-refractivity contribution < 1.29 is 26.7 Å². The largest absolute Gasteiger partial charge is 0.480 e. The number of aromatic amines is 1. The van der Waals surface area contributed by atoms with Gasteiger partial charge in [0.15, 0.2) is 0 Å². The van der Waals surface area contributed by atoms with Gasteiger partial charge in [-0.05, 0) is 0 Å². The second kappa shape index (κ2) is 4.91. The van der Waals surface area contributed by atoms with Gasteiger partial charge in [0, 0.05) is 35.1 Å². The molecule has 4 N–H and O–H groups in total. The zero-order valence-electron chi connectivity index (χ0n) is 6.15. The normalized spacial score (nSPS) is 11.8. The number of carboxylic acid groups (broad SMARTS) is 1. The third-order valence-electron chi connectivity index (χ3n) is 1.31. The molecule has 0 spiro atoms. The van der Waals surface area contributed by atoms with E-state index in [4.69, 9.17) is 10.8 Å². The molecule has 0 amide bonds. The minimum atomic E-state index is -1.00. The van der Waals surface area contributed by atoms with E-state index in [0.29, 0.717) is 0 Å². The minimum Gasteiger partial charge on any atom is -0.480 e. The van der Waals surface area contributed by atoms with E-state index in [2.05, 4.69) is 9.97 Å². The second-order valence-electron chi connectivity index (χ2n) is 2.23. The number of H-pyrrole nitrogens is 1. The Morgan fingerprint density at radius 3 is 2.92 bits per heavy atom. The number of aromatic nitrogens is 2. The molecular formula is C6H9CoN3O2. The monoisotopic (exact) mass is 214 g/mol. The van der Waals surface area contributed by atoms with E-state index in [1.54, 1.807) is 6.20 Å². The van der Waals surface area contributed by atoms with Crippen LogP contribution in [0.5, 0.6) is 0 Å². The molecule has 12 heavy (non-hydrogen) atoms. The third-order valence-corrected chi connectivity index (χ3v) is 1.31. The van der Waals surface area contributed by atoms with E-state index in [1.807, 2.05) is 0 Å². The van der Waals surface area contributed by atoms with Crippen molar-refractivity contribution >= 4 is 5.97 Å². The molecule has 0 aliphatic rings. The zero-order valence-corrected chi connectivity index (χ0v) is 7.19. The fourth-order valence-electron chi connectivity index (χ4n) is 0.721. The number of hydrogen-bond acceptors (Lipinski definition) is 3. The topological polar surface area (TPSA) is 92.0 Å². The van der Waals surface area contributed by atoms with Crippen molar-refractivity contribution in [1.82, 2.24) is 9.97 Å². The molecule has 6 heteroatoms. The maximum absolute atomic E-state index is 10.3. The van der Waals surface area contributed by atoms with Crippen LogP contribution >= 0.6 is 0 Å². The molecule has 1 radical (unpaired) electrons. The van der Waals surface area contributed by atoms with Crippen molar-refractivity contribution in [3.05, 3.63) is 18.2 Å². The number of carbonyl (C=O) groups is 1. The first-order valence-electron chi connectivity index (χ1n) is 3.16. The number of hydrogen-bond donors (Lipinski definition) is 3. The van der Waals surface area contributed by atoms with Gasteiger partial charge in [0.2, 0.25) is 0 Å². The summed E-state index contributed by atoms with van der Waals surface area (Å²) >= 11 is 0. The Labute approximate surface area is 79.6 Å². The molecule has 0 aliphatic heterocycles. The molecule has 1 heterocycles. The summed E-state index contributed by atoms with van der Waals surface area (Å²) in [7, 11) is 0. The summed E-state index contributed by atoms with van der Waals surface area (Å²) < 4.78 is 0. The van der Waals surface area contributed by atoms with Gasteiger partial charge in [-0.3, -0.25) is 4.79 Å². The predicted molar refractivity (Wildman–Crippen MR) is 37.9 cm³/mol. The maximum Gasteiger partial charge on any atom is 0.320 e. The quantitative estimate of drug-likeness (QED) is 0.624. The van der Waals surface area contributed by atoms with Crippen molar-refractivity contribution in [1.29, 1.82) is 0 Å². The standard InChI is InChI=1S/C6H9N3O2.Co/c7-5(6(10)11)1-4-2-8-3-9-4;/h2-3,5H,1,7H2,(H,8,9)(H,10,11);/t5-;/m0./s1. The van der Waals surface area contributed by atoms with Crippen molar-refractivity contribution in [3.63, 3.8) is 0 Å². The molecule has 0 bridgehead atoms. The van der Waals surface area contributed by atoms with Gasteiger partial charge >= 0.3 is 5.97 Å². The number of rotatable bonds is 3. The number of carboxylic acids is 1. The van der Waals surface area contributed by atoms with Gasteiger partial charge in [-0.15, -0.1) is 0 Å². The van der Waals surface area contributed by atoms with Gasteiger partial charge in [0.25, 0.3) is 0 Å². The molecule has 1 atom stereocenters. The SMILES string of the molecule is N[C@@H](Cc1cnc[nH]1)C(=O)O.[Co]. The summed E-state index contributed by atoms with van der Waals surface area (Å²) in [6.07, 6.45) is 3.34. The molecule has 1 rings (SSSR count). The average Bonchev–Trinajstić information content (AvgIpc) is 2.39. The summed E-state index contributed by atoms with van der Waals surface area (Å²) in [5.41, 5.74) is 6.00. The smallest absolute Gasteiger partial charge is 0.320 e. The summed E-state index contributed by atoms with van der Waals surface area (Å²) in [6, 6.07) is -0.851. The van der Waals surface area contributed by atoms with Crippen molar-refractivity contribution in [2.75, 3.05) is 0 Å². The molecule has 69 valence electrons. The first-order valence-corrected chi connectivity index (χ1v) is 3.16. The van der Waals surface area contributed by atoms with Crippen LogP contribution in [0, 0.1) is 0 Å². The Morgan fingerprint density at radius 1 is 1.83 bits per heavy atom. The number of nitrogens with two attached hydrogens (primary N) is 1. The predicted octanol–water partition coefficient (Wildman–Crippen LogP) is -0.638. The number of aliphatic carboxylic acids is 1. The van der Waals surface area contributed by atoms with E-state index < -0.39 is 12.0 Å². The fraction of sp³-hybridized carbons (Fsp3) is 0.333. The molecule has 0 saturated heterocycles. The molecule has 0 saturated carbocycles. The average molecular weight is 214 g/mol. The van der Waals surface area contributed by atoms with Crippen LogP contribution in [0.2, 0.25) is 0 Å². The van der Waals surface area contributed by atoms with Crippen LogP contribution in [0.15, 0.2) is 12.5 Å². The molecule has 1 aromatic heterocycles. The summed E-state index contributed by atoms with van der Waals surface area (Å²) in [5, 5.41) is 8.42. The van der Waals surface area contributed by atoms with Crippen LogP contribution in [-0.4, -0.2) is 27.1 Å². The van der Waals surface area contributed by atoms with Crippen molar-refractivity contribution in [3.8, 4) is 0 Å². The molecule has 0 aliphatic carbocycles. The van der Waals surface area contributed by atoms with Gasteiger partial charge in [0.1, 0.15) is 6.04 Å². The van der Waals surface area contributed by atoms with Crippen LogP contribution < -0.4 is 5.73 Å². The Balaban J connectivity index is 0.00000121. The second-order valence-corrected chi connectivity index (χ2v) is 2.23. The van der Waals surface area contributed by atoms with Gasteiger partial charge < -0.3 is 15.8 Å². The number of imidazole rings is 1. The number of nitrogens with zero attached hydrogens (tertiary/aromatic N) is 1. The van der Waals surface area contributed by atoms with E-state index >= 15 is 0 Å². The molecule has 1 aromatic rings. The Kier molecular flexibility index (Phi) is 4.56. The molecule has 0 fully saturated rings. The van der Waals surface area contributed by atoms with Crippen LogP contribution in [0.4, 0.5) is 0 Å². The Morgan fingerprint density at radius 2 is 2.50 bits per heavy atom. The summed E-state index contributed by atoms with van der Waals surface area (Å²) in [5.74, 6) is -1.00. The molecule has 0 aromatic carbocycles. The Hall–Kier alpha value is -0.854. The van der Waals surface area contributed by atoms with E-state index in [1.165, 1.54) is 6.33 Å². The third kappa shape index (κ3) is 3.03. The fourth-order valence-corrected chi connectivity index (χ4v) is 0.721. The van der Waals surface area contributed by atoms with Crippen LogP contribution in [0.25, 0.3) is 0 Å². The minimum absolute atomic E-state index is 0. The van der Waals surface area contributed by atoms with Crippen LogP contribution in [0.3, 0.4) is 0 Å². The Bertz CT molecular complexity index is 237. The number of nitrogens with one attached hydrogen (secondary N) is 1. The van der Waals surface area contributed by atoms with Gasteiger partial charge in [-0.25, -0.2) is 4.98 Å². The van der Waals surface area contributed by atoms with E-state index in [9.17, 15) is 4.79 Å². The van der Waals surface area contributed by atoms with Gasteiger partial charge in [0.05, 0.1) is 6.33 Å². The summed E-state index contributed by atoms with van der Waals surface area (Å²) in [6.45, 7) is 0. The molecular weight excluding hydrogens is 205 g/mol. The van der Waals surface area contributed by atoms with Crippen molar-refractivity contribution in [2.45, 2.75) is 12.5 Å². The zero-order chi connectivity index (χ0) is 8.27. The van der Waals surface area contributed by atoms with Gasteiger partial charge in [-0.1, -0.05) is 0 Å². The first kappa shape index (κ1) is 11.1. The van der Waals surface area contributed by atoms with Crippen LogP contribution in [0.1, 0.15) is 5.69 Å². The van der Waals surface area contributed by atoms with Crippen molar-refractivity contribution in [2.24, 2.45) is 5.73 Å². The van der Waals surface area contributed by atoms with E-state index in [-0.39, 0.29) is 23.2 Å². The maximum atomic E-state index is 10.3. The van der Waals surface area contributed by atoms with Crippen LogP contribution in [-0.2, 0) is 28.0 Å². The first-order chi connectivity index (χ1) is 5.20.